The molecule has 1 atom stereocenters. The molecular formula is C17H24N2O5. The normalized spacial score (nSPS) is 17.2. The van der Waals surface area contributed by atoms with E-state index < -0.39 is 0 Å². The van der Waals surface area contributed by atoms with Crippen LogP contribution in [0.5, 0.6) is 5.75 Å². The summed E-state index contributed by atoms with van der Waals surface area (Å²) in [6.45, 7) is 4.47. The summed E-state index contributed by atoms with van der Waals surface area (Å²) in [5, 5.41) is 2.65. The highest BCUT2D eigenvalue weighted by atomic mass is 16.6. The molecule has 1 heterocycles. The van der Waals surface area contributed by atoms with Crippen LogP contribution in [0.4, 0.5) is 0 Å². The standard InChI is InChI=1S/C17H24N2O5/c1-13(20)18-7-8-23-15-5-3-14(4-6-15)17(21)19(2)11-16-12-22-9-10-24-16/h3-6,16H,7-12H2,1-2H3,(H,18,20)/t16-/m0/s1. The van der Waals surface area contributed by atoms with Crippen LogP contribution in [-0.4, -0.2) is 69.4 Å². The van der Waals surface area contributed by atoms with Gasteiger partial charge in [0, 0.05) is 26.1 Å². The predicted octanol–water partition coefficient (Wildman–Crippen LogP) is 0.689. The number of benzene rings is 1. The van der Waals surface area contributed by atoms with Crippen molar-refractivity contribution in [2.45, 2.75) is 13.0 Å². The highest BCUT2D eigenvalue weighted by Crippen LogP contribution is 2.14. The molecule has 1 N–H and O–H groups in total. The second-order valence-electron chi connectivity index (χ2n) is 5.61. The number of hydrogen-bond donors (Lipinski definition) is 1. The molecule has 0 aliphatic carbocycles. The second-order valence-corrected chi connectivity index (χ2v) is 5.61. The lowest BCUT2D eigenvalue weighted by Crippen LogP contribution is -2.40. The summed E-state index contributed by atoms with van der Waals surface area (Å²) in [4.78, 5) is 24.8. The van der Waals surface area contributed by atoms with Gasteiger partial charge in [0.1, 0.15) is 12.4 Å². The van der Waals surface area contributed by atoms with Crippen molar-refractivity contribution in [1.29, 1.82) is 0 Å². The molecule has 1 aliphatic heterocycles. The van der Waals surface area contributed by atoms with Crippen LogP contribution >= 0.6 is 0 Å². The Kier molecular flexibility index (Phi) is 7.02. The van der Waals surface area contributed by atoms with Gasteiger partial charge in [-0.25, -0.2) is 0 Å². The number of amides is 2. The number of likely N-dealkylation sites (N-methyl/N-ethyl adjacent to an activating group) is 1. The first-order valence-electron chi connectivity index (χ1n) is 7.98. The zero-order chi connectivity index (χ0) is 17.4. The number of hydrogen-bond acceptors (Lipinski definition) is 5. The maximum Gasteiger partial charge on any atom is 0.253 e. The van der Waals surface area contributed by atoms with E-state index in [0.717, 1.165) is 0 Å². The van der Waals surface area contributed by atoms with E-state index in [1.54, 1.807) is 36.2 Å². The first kappa shape index (κ1) is 18.2. The molecule has 132 valence electrons. The molecule has 7 nitrogen and oxygen atoms in total. The lowest BCUT2D eigenvalue weighted by Gasteiger charge is -2.27. The largest absolute Gasteiger partial charge is 0.492 e. The summed E-state index contributed by atoms with van der Waals surface area (Å²) >= 11 is 0. The van der Waals surface area contributed by atoms with Crippen LogP contribution in [0, 0.1) is 0 Å². The first-order chi connectivity index (χ1) is 11.6. The molecule has 0 radical (unpaired) electrons. The van der Waals surface area contributed by atoms with E-state index in [1.807, 2.05) is 0 Å². The Balaban J connectivity index is 1.80. The van der Waals surface area contributed by atoms with Crippen LogP contribution in [0.25, 0.3) is 0 Å². The third-order valence-electron chi connectivity index (χ3n) is 3.56. The van der Waals surface area contributed by atoms with Gasteiger partial charge in [0.05, 0.1) is 32.5 Å². The van der Waals surface area contributed by atoms with Gasteiger partial charge in [0.15, 0.2) is 0 Å². The Labute approximate surface area is 141 Å². The van der Waals surface area contributed by atoms with Gasteiger partial charge in [0.2, 0.25) is 5.91 Å². The minimum absolute atomic E-state index is 0.0750. The number of rotatable bonds is 7. The molecule has 0 saturated carbocycles. The summed E-state index contributed by atoms with van der Waals surface area (Å²) in [7, 11) is 1.75. The molecule has 0 bridgehead atoms. The monoisotopic (exact) mass is 336 g/mol. The highest BCUT2D eigenvalue weighted by Gasteiger charge is 2.20. The lowest BCUT2D eigenvalue weighted by molar-refractivity contribution is -0.119. The first-order valence-corrected chi connectivity index (χ1v) is 7.98. The fraction of sp³-hybridized carbons (Fsp3) is 0.529. The van der Waals surface area contributed by atoms with Gasteiger partial charge in [0.25, 0.3) is 5.91 Å². The highest BCUT2D eigenvalue weighted by molar-refractivity contribution is 5.94. The molecule has 1 aliphatic rings. The summed E-state index contributed by atoms with van der Waals surface area (Å²) in [6.07, 6.45) is -0.0796. The fourth-order valence-electron chi connectivity index (χ4n) is 2.34. The average molecular weight is 336 g/mol. The van der Waals surface area contributed by atoms with E-state index in [-0.39, 0.29) is 17.9 Å². The summed E-state index contributed by atoms with van der Waals surface area (Å²) in [5.74, 6) is 0.493. The van der Waals surface area contributed by atoms with Crippen molar-refractivity contribution >= 4 is 11.8 Å². The third-order valence-corrected chi connectivity index (χ3v) is 3.56. The van der Waals surface area contributed by atoms with Gasteiger partial charge in [-0.15, -0.1) is 0 Å². The molecule has 0 aromatic heterocycles. The summed E-state index contributed by atoms with van der Waals surface area (Å²) in [5.41, 5.74) is 0.587. The summed E-state index contributed by atoms with van der Waals surface area (Å²) in [6, 6.07) is 6.94. The lowest BCUT2D eigenvalue weighted by atomic mass is 10.2. The van der Waals surface area contributed by atoms with E-state index >= 15 is 0 Å². The molecule has 7 heteroatoms. The molecule has 1 fully saturated rings. The minimum atomic E-state index is -0.0880. The maximum absolute atomic E-state index is 12.4. The van der Waals surface area contributed by atoms with Crippen LogP contribution < -0.4 is 10.1 Å². The smallest absolute Gasteiger partial charge is 0.253 e. The van der Waals surface area contributed by atoms with Gasteiger partial charge in [-0.2, -0.15) is 0 Å². The number of ether oxygens (including phenoxy) is 3. The van der Waals surface area contributed by atoms with Crippen LogP contribution in [-0.2, 0) is 14.3 Å². The van der Waals surface area contributed by atoms with Crippen molar-refractivity contribution in [3.63, 3.8) is 0 Å². The molecule has 24 heavy (non-hydrogen) atoms. The van der Waals surface area contributed by atoms with Crippen molar-refractivity contribution in [2.75, 3.05) is 46.6 Å². The quantitative estimate of drug-likeness (QED) is 0.741. The Morgan fingerprint density at radius 2 is 2.04 bits per heavy atom. The van der Waals surface area contributed by atoms with Crippen LogP contribution in [0.2, 0.25) is 0 Å². The number of nitrogens with zero attached hydrogens (tertiary/aromatic N) is 1. The molecule has 1 saturated heterocycles. The van der Waals surface area contributed by atoms with Crippen LogP contribution in [0.3, 0.4) is 0 Å². The van der Waals surface area contributed by atoms with E-state index in [1.165, 1.54) is 6.92 Å². The average Bonchev–Trinajstić information content (AvgIpc) is 2.59. The van der Waals surface area contributed by atoms with Gasteiger partial charge in [-0.3, -0.25) is 9.59 Å². The number of carbonyl (C=O) groups is 2. The molecule has 0 spiro atoms. The van der Waals surface area contributed by atoms with Gasteiger partial charge < -0.3 is 24.4 Å². The SMILES string of the molecule is CC(=O)NCCOc1ccc(C(=O)N(C)C[C@H]2COCCO2)cc1. The third kappa shape index (κ3) is 5.82. The fourth-order valence-corrected chi connectivity index (χ4v) is 2.34. The van der Waals surface area contributed by atoms with Crippen molar-refractivity contribution < 1.29 is 23.8 Å². The van der Waals surface area contributed by atoms with Crippen molar-refractivity contribution in [3.05, 3.63) is 29.8 Å². The minimum Gasteiger partial charge on any atom is -0.492 e. The Bertz CT molecular complexity index is 540. The Hall–Kier alpha value is -2.12. The Morgan fingerprint density at radius 3 is 2.67 bits per heavy atom. The molecule has 2 amide bonds. The molecule has 0 unspecified atom stereocenters. The van der Waals surface area contributed by atoms with E-state index in [2.05, 4.69) is 5.32 Å². The van der Waals surface area contributed by atoms with Crippen LogP contribution in [0.15, 0.2) is 24.3 Å². The molecule has 2 rings (SSSR count). The van der Waals surface area contributed by atoms with Crippen molar-refractivity contribution in [1.82, 2.24) is 10.2 Å². The Morgan fingerprint density at radius 1 is 1.29 bits per heavy atom. The predicted molar refractivity (Wildman–Crippen MR) is 88.1 cm³/mol. The van der Waals surface area contributed by atoms with E-state index in [4.69, 9.17) is 14.2 Å². The second kappa shape index (κ2) is 9.24. The molecule has 1 aromatic rings. The molecule has 1 aromatic carbocycles. The van der Waals surface area contributed by atoms with Crippen molar-refractivity contribution in [3.8, 4) is 5.75 Å². The van der Waals surface area contributed by atoms with E-state index in [9.17, 15) is 9.59 Å². The van der Waals surface area contributed by atoms with Gasteiger partial charge >= 0.3 is 0 Å². The number of carbonyl (C=O) groups excluding carboxylic acids is 2. The number of nitrogens with one attached hydrogen (secondary N) is 1. The topological polar surface area (TPSA) is 77.1 Å². The summed E-state index contributed by atoms with van der Waals surface area (Å²) < 4.78 is 16.4. The van der Waals surface area contributed by atoms with E-state index in [0.29, 0.717) is 50.8 Å². The zero-order valence-corrected chi connectivity index (χ0v) is 14.1. The van der Waals surface area contributed by atoms with Crippen molar-refractivity contribution in [2.24, 2.45) is 0 Å². The van der Waals surface area contributed by atoms with Gasteiger partial charge in [-0.1, -0.05) is 0 Å². The molecular weight excluding hydrogens is 312 g/mol. The van der Waals surface area contributed by atoms with Gasteiger partial charge in [-0.05, 0) is 24.3 Å². The zero-order valence-electron chi connectivity index (χ0n) is 14.1. The maximum atomic E-state index is 12.4. The van der Waals surface area contributed by atoms with Crippen LogP contribution in [0.1, 0.15) is 17.3 Å².